The van der Waals surface area contributed by atoms with E-state index in [-0.39, 0.29) is 17.9 Å². The number of esters is 1. The van der Waals surface area contributed by atoms with Crippen molar-refractivity contribution in [2.24, 2.45) is 0 Å². The van der Waals surface area contributed by atoms with E-state index in [0.717, 1.165) is 24.4 Å². The Bertz CT molecular complexity index is 818. The zero-order valence-electron chi connectivity index (χ0n) is 20.0. The van der Waals surface area contributed by atoms with Crippen LogP contribution >= 0.6 is 0 Å². The molecule has 0 spiro atoms. The molecule has 1 atom stereocenters. The Balaban J connectivity index is 2.03. The summed E-state index contributed by atoms with van der Waals surface area (Å²) >= 11 is 0. The minimum Gasteiger partial charge on any atom is -0.466 e. The SMILES string of the molecule is CCOC(=O)CCCN(CC(=O)N(CCc1ccccc1)Cc1ccc(C)o1)[C@H](C)CC. The number of aryl methyl sites for hydroxylation is 1. The third-order valence-electron chi connectivity index (χ3n) is 5.69. The predicted molar refractivity (Wildman–Crippen MR) is 126 cm³/mol. The average molecular weight is 443 g/mol. The number of carbonyl (C=O) groups excluding carboxylic acids is 2. The van der Waals surface area contributed by atoms with Gasteiger partial charge in [-0.05, 0) is 64.3 Å². The van der Waals surface area contributed by atoms with Gasteiger partial charge in [-0.1, -0.05) is 37.3 Å². The first-order valence-corrected chi connectivity index (χ1v) is 11.7. The predicted octanol–water partition coefficient (Wildman–Crippen LogP) is 4.60. The van der Waals surface area contributed by atoms with Gasteiger partial charge < -0.3 is 14.1 Å². The van der Waals surface area contributed by atoms with Crippen LogP contribution in [0.2, 0.25) is 0 Å². The topological polar surface area (TPSA) is 63.0 Å². The lowest BCUT2D eigenvalue weighted by molar-refractivity contribution is -0.143. The Morgan fingerprint density at radius 2 is 1.81 bits per heavy atom. The van der Waals surface area contributed by atoms with Gasteiger partial charge in [0.2, 0.25) is 5.91 Å². The first-order chi connectivity index (χ1) is 15.4. The summed E-state index contributed by atoms with van der Waals surface area (Å²) in [5, 5.41) is 0. The standard InChI is InChI=1S/C26H38N2O4/c1-5-21(3)27(17-10-13-26(30)31-6-2)20-25(29)28(19-24-15-14-22(4)32-24)18-16-23-11-8-7-9-12-23/h7-9,11-12,14-15,21H,5-6,10,13,16-20H2,1-4H3/t21-/m1/s1. The molecule has 176 valence electrons. The number of benzene rings is 1. The van der Waals surface area contributed by atoms with Gasteiger partial charge in [-0.25, -0.2) is 0 Å². The normalized spacial score (nSPS) is 12.0. The number of amides is 1. The molecule has 0 saturated heterocycles. The summed E-state index contributed by atoms with van der Waals surface area (Å²) in [6, 6.07) is 14.3. The fourth-order valence-corrected chi connectivity index (χ4v) is 3.61. The smallest absolute Gasteiger partial charge is 0.305 e. The molecule has 2 rings (SSSR count). The number of hydrogen-bond acceptors (Lipinski definition) is 5. The fraction of sp³-hybridized carbons (Fsp3) is 0.538. The fourth-order valence-electron chi connectivity index (χ4n) is 3.61. The van der Waals surface area contributed by atoms with Crippen molar-refractivity contribution in [3.8, 4) is 0 Å². The highest BCUT2D eigenvalue weighted by molar-refractivity contribution is 5.78. The first kappa shape index (κ1) is 25.7. The largest absolute Gasteiger partial charge is 0.466 e. The molecular weight excluding hydrogens is 404 g/mol. The van der Waals surface area contributed by atoms with Crippen molar-refractivity contribution in [3.63, 3.8) is 0 Å². The number of hydrogen-bond donors (Lipinski definition) is 0. The van der Waals surface area contributed by atoms with Gasteiger partial charge in [0, 0.05) is 19.0 Å². The second-order valence-electron chi connectivity index (χ2n) is 8.20. The molecule has 0 bridgehead atoms. The van der Waals surface area contributed by atoms with Gasteiger partial charge in [0.1, 0.15) is 11.5 Å². The Labute approximate surface area is 192 Å². The molecule has 0 saturated carbocycles. The summed E-state index contributed by atoms with van der Waals surface area (Å²) in [5.41, 5.74) is 1.20. The molecular formula is C26H38N2O4. The highest BCUT2D eigenvalue weighted by atomic mass is 16.5. The molecule has 1 aromatic carbocycles. The third-order valence-corrected chi connectivity index (χ3v) is 5.69. The van der Waals surface area contributed by atoms with Crippen molar-refractivity contribution in [1.29, 1.82) is 0 Å². The summed E-state index contributed by atoms with van der Waals surface area (Å²) < 4.78 is 10.8. The molecule has 6 nitrogen and oxygen atoms in total. The van der Waals surface area contributed by atoms with Crippen molar-refractivity contribution < 1.29 is 18.7 Å². The molecule has 1 amide bonds. The number of rotatable bonds is 14. The van der Waals surface area contributed by atoms with Crippen molar-refractivity contribution in [2.45, 2.75) is 66.0 Å². The molecule has 6 heteroatoms. The maximum Gasteiger partial charge on any atom is 0.305 e. The minimum atomic E-state index is -0.180. The van der Waals surface area contributed by atoms with Crippen LogP contribution in [-0.4, -0.2) is 54.0 Å². The van der Waals surface area contributed by atoms with Gasteiger partial charge in [-0.15, -0.1) is 0 Å². The van der Waals surface area contributed by atoms with Crippen LogP contribution < -0.4 is 0 Å². The van der Waals surface area contributed by atoms with Gasteiger partial charge in [0.25, 0.3) is 0 Å². The lowest BCUT2D eigenvalue weighted by Gasteiger charge is -2.31. The highest BCUT2D eigenvalue weighted by Gasteiger charge is 2.22. The summed E-state index contributed by atoms with van der Waals surface area (Å²) in [6.45, 7) is 10.5. The van der Waals surface area contributed by atoms with Crippen LogP contribution in [0.1, 0.15) is 57.1 Å². The van der Waals surface area contributed by atoms with E-state index in [2.05, 4.69) is 30.9 Å². The zero-order valence-corrected chi connectivity index (χ0v) is 20.0. The van der Waals surface area contributed by atoms with Gasteiger partial charge in [0.15, 0.2) is 0 Å². The molecule has 2 aromatic rings. The van der Waals surface area contributed by atoms with Crippen LogP contribution in [0.15, 0.2) is 46.9 Å². The maximum atomic E-state index is 13.4. The summed E-state index contributed by atoms with van der Waals surface area (Å²) in [7, 11) is 0. The first-order valence-electron chi connectivity index (χ1n) is 11.7. The lowest BCUT2D eigenvalue weighted by atomic mass is 10.1. The van der Waals surface area contributed by atoms with Crippen LogP contribution in [0.3, 0.4) is 0 Å². The highest BCUT2D eigenvalue weighted by Crippen LogP contribution is 2.13. The van der Waals surface area contributed by atoms with E-state index >= 15 is 0 Å². The molecule has 0 fully saturated rings. The molecule has 0 aliphatic heterocycles. The van der Waals surface area contributed by atoms with Crippen molar-refractivity contribution >= 4 is 11.9 Å². The Morgan fingerprint density at radius 3 is 2.44 bits per heavy atom. The van der Waals surface area contributed by atoms with E-state index < -0.39 is 0 Å². The van der Waals surface area contributed by atoms with E-state index in [1.165, 1.54) is 5.56 Å². The molecule has 0 N–H and O–H groups in total. The quantitative estimate of drug-likeness (QED) is 0.400. The summed E-state index contributed by atoms with van der Waals surface area (Å²) in [5.74, 6) is 1.53. The lowest BCUT2D eigenvalue weighted by Crippen LogP contribution is -2.44. The molecule has 0 aliphatic carbocycles. The molecule has 32 heavy (non-hydrogen) atoms. The van der Waals surface area contributed by atoms with Gasteiger partial charge in [-0.3, -0.25) is 14.5 Å². The average Bonchev–Trinajstić information content (AvgIpc) is 3.20. The van der Waals surface area contributed by atoms with Crippen molar-refractivity contribution in [2.75, 3.05) is 26.2 Å². The van der Waals surface area contributed by atoms with E-state index in [9.17, 15) is 9.59 Å². The van der Waals surface area contributed by atoms with E-state index in [1.54, 1.807) is 0 Å². The minimum absolute atomic E-state index is 0.0754. The summed E-state index contributed by atoms with van der Waals surface area (Å²) in [4.78, 5) is 29.1. The number of ether oxygens (including phenoxy) is 1. The van der Waals surface area contributed by atoms with Crippen LogP contribution in [-0.2, 0) is 27.3 Å². The zero-order chi connectivity index (χ0) is 23.3. The van der Waals surface area contributed by atoms with Crippen molar-refractivity contribution in [3.05, 3.63) is 59.5 Å². The monoisotopic (exact) mass is 442 g/mol. The second kappa shape index (κ2) is 13.7. The molecule has 1 aromatic heterocycles. The van der Waals surface area contributed by atoms with Crippen molar-refractivity contribution in [1.82, 2.24) is 9.80 Å². The van der Waals surface area contributed by atoms with E-state index in [0.29, 0.717) is 45.6 Å². The van der Waals surface area contributed by atoms with Crippen LogP contribution in [0, 0.1) is 6.92 Å². The van der Waals surface area contributed by atoms with Crippen LogP contribution in [0.5, 0.6) is 0 Å². The number of carbonyl (C=O) groups is 2. The molecule has 0 aliphatic rings. The van der Waals surface area contributed by atoms with E-state index in [4.69, 9.17) is 9.15 Å². The number of furan rings is 1. The maximum absolute atomic E-state index is 13.4. The van der Waals surface area contributed by atoms with Gasteiger partial charge in [0.05, 0.1) is 19.7 Å². The molecule has 1 heterocycles. The number of nitrogens with zero attached hydrogens (tertiary/aromatic N) is 2. The molecule has 0 radical (unpaired) electrons. The van der Waals surface area contributed by atoms with E-state index in [1.807, 2.05) is 49.1 Å². The van der Waals surface area contributed by atoms with Crippen LogP contribution in [0.4, 0.5) is 0 Å². The second-order valence-corrected chi connectivity index (χ2v) is 8.20. The Morgan fingerprint density at radius 1 is 1.06 bits per heavy atom. The van der Waals surface area contributed by atoms with Gasteiger partial charge >= 0.3 is 5.97 Å². The van der Waals surface area contributed by atoms with Crippen LogP contribution in [0.25, 0.3) is 0 Å². The third kappa shape index (κ3) is 8.87. The Hall–Kier alpha value is -2.60. The molecule has 0 unspecified atom stereocenters. The van der Waals surface area contributed by atoms with Gasteiger partial charge in [-0.2, -0.15) is 0 Å². The summed E-state index contributed by atoms with van der Waals surface area (Å²) in [6.07, 6.45) is 2.78. The Kier molecular flexibility index (Phi) is 11.0.